The van der Waals surface area contributed by atoms with Gasteiger partial charge in [0.1, 0.15) is 23.4 Å². The lowest BCUT2D eigenvalue weighted by Gasteiger charge is -2.34. The van der Waals surface area contributed by atoms with E-state index in [1.807, 2.05) is 30.3 Å². The maximum Gasteiger partial charge on any atom is 0.415 e. The van der Waals surface area contributed by atoms with Crippen LogP contribution in [0.4, 0.5) is 9.59 Å². The van der Waals surface area contributed by atoms with Crippen molar-refractivity contribution in [2.24, 2.45) is 5.92 Å². The fourth-order valence-electron chi connectivity index (χ4n) is 4.97. The van der Waals surface area contributed by atoms with Crippen LogP contribution in [0.25, 0.3) is 0 Å². The third kappa shape index (κ3) is 8.89. The zero-order valence-electron chi connectivity index (χ0n) is 23.4. The molecule has 0 radical (unpaired) electrons. The number of rotatable bonds is 10. The van der Waals surface area contributed by atoms with E-state index < -0.39 is 6.09 Å². The summed E-state index contributed by atoms with van der Waals surface area (Å²) in [6, 6.07) is 16.4. The van der Waals surface area contributed by atoms with Gasteiger partial charge in [-0.3, -0.25) is 4.79 Å². The topological polar surface area (TPSA) is 97.4 Å². The molecule has 9 nitrogen and oxygen atoms in total. The van der Waals surface area contributed by atoms with Gasteiger partial charge in [-0.15, -0.1) is 0 Å². The number of carbonyl (C=O) groups excluding carboxylic acids is 3. The molecule has 0 aromatic heterocycles. The first-order chi connectivity index (χ1) is 19.5. The van der Waals surface area contributed by atoms with Crippen LogP contribution in [0.15, 0.2) is 54.6 Å². The Morgan fingerprint density at radius 1 is 0.750 bits per heavy atom. The summed E-state index contributed by atoms with van der Waals surface area (Å²) in [5, 5.41) is 3.04. The van der Waals surface area contributed by atoms with E-state index >= 15 is 0 Å². The normalized spacial score (nSPS) is 16.3. The van der Waals surface area contributed by atoms with Crippen molar-refractivity contribution in [3.8, 4) is 17.2 Å². The second-order valence-electron chi connectivity index (χ2n) is 10.4. The minimum Gasteiger partial charge on any atom is -0.457 e. The van der Waals surface area contributed by atoms with E-state index in [1.165, 1.54) is 12.8 Å². The molecular weight excluding hydrogens is 510 g/mol. The Morgan fingerprint density at radius 2 is 1.35 bits per heavy atom. The lowest BCUT2D eigenvalue weighted by molar-refractivity contribution is -0.126. The van der Waals surface area contributed by atoms with E-state index in [4.69, 9.17) is 14.2 Å². The van der Waals surface area contributed by atoms with Gasteiger partial charge in [-0.25, -0.2) is 9.59 Å². The van der Waals surface area contributed by atoms with Gasteiger partial charge in [-0.05, 0) is 55.7 Å². The van der Waals surface area contributed by atoms with Gasteiger partial charge in [0.15, 0.2) is 0 Å². The molecule has 0 aliphatic carbocycles. The number of carbonyl (C=O) groups is 3. The lowest BCUT2D eigenvalue weighted by atomic mass is 9.96. The standard InChI is InChI=1S/C31H41N3O6/c1-2-3-4-8-19-32-29(35)24-15-20-33(21-16-24)30(36)40-28-17-22-34(23-18-28)31(37)39-27-13-11-26(12-14-27)38-25-9-6-5-7-10-25/h5-7,9-14,24,28H,2-4,8,15-23H2,1H3,(H,32,35). The Bertz CT molecular complexity index is 1080. The molecule has 1 N–H and O–H groups in total. The van der Waals surface area contributed by atoms with Gasteiger partial charge in [-0.2, -0.15) is 0 Å². The van der Waals surface area contributed by atoms with E-state index in [0.717, 1.165) is 25.1 Å². The summed E-state index contributed by atoms with van der Waals surface area (Å²) in [5.41, 5.74) is 0. The van der Waals surface area contributed by atoms with Crippen molar-refractivity contribution in [1.29, 1.82) is 0 Å². The average Bonchev–Trinajstić information content (AvgIpc) is 2.99. The number of unbranched alkanes of at least 4 members (excludes halogenated alkanes) is 3. The van der Waals surface area contributed by atoms with Gasteiger partial charge in [0.2, 0.25) is 5.91 Å². The van der Waals surface area contributed by atoms with Crippen LogP contribution in [0.1, 0.15) is 58.3 Å². The number of benzene rings is 2. The number of amides is 3. The van der Waals surface area contributed by atoms with Gasteiger partial charge in [0.25, 0.3) is 0 Å². The van der Waals surface area contributed by atoms with Gasteiger partial charge < -0.3 is 29.3 Å². The number of nitrogens with one attached hydrogen (secondary N) is 1. The molecular formula is C31H41N3O6. The fraction of sp³-hybridized carbons (Fsp3) is 0.516. The predicted octanol–water partition coefficient (Wildman–Crippen LogP) is 5.99. The Labute approximate surface area is 236 Å². The Kier molecular flexibility index (Phi) is 11.1. The molecule has 2 aromatic rings. The predicted molar refractivity (Wildman–Crippen MR) is 152 cm³/mol. The average molecular weight is 552 g/mol. The first-order valence-corrected chi connectivity index (χ1v) is 14.5. The summed E-state index contributed by atoms with van der Waals surface area (Å²) in [5.74, 6) is 1.87. The van der Waals surface area contributed by atoms with E-state index in [9.17, 15) is 14.4 Å². The monoisotopic (exact) mass is 551 g/mol. The lowest BCUT2D eigenvalue weighted by Crippen LogP contribution is -2.46. The van der Waals surface area contributed by atoms with E-state index in [-0.39, 0.29) is 24.0 Å². The number of para-hydroxylation sites is 1. The van der Waals surface area contributed by atoms with E-state index in [0.29, 0.717) is 63.4 Å². The zero-order valence-corrected chi connectivity index (χ0v) is 23.4. The molecule has 0 spiro atoms. The van der Waals surface area contributed by atoms with E-state index in [2.05, 4.69) is 12.2 Å². The maximum atomic E-state index is 12.7. The molecule has 216 valence electrons. The van der Waals surface area contributed by atoms with Gasteiger partial charge in [-0.1, -0.05) is 44.4 Å². The summed E-state index contributed by atoms with van der Waals surface area (Å²) < 4.78 is 17.0. The first-order valence-electron chi connectivity index (χ1n) is 14.5. The molecule has 2 aromatic carbocycles. The minimum absolute atomic E-state index is 0.0444. The second-order valence-corrected chi connectivity index (χ2v) is 10.4. The van der Waals surface area contributed by atoms with Crippen LogP contribution in [0.2, 0.25) is 0 Å². The van der Waals surface area contributed by atoms with Crippen LogP contribution < -0.4 is 14.8 Å². The van der Waals surface area contributed by atoms with Crippen molar-refractivity contribution in [3.63, 3.8) is 0 Å². The van der Waals surface area contributed by atoms with E-state index in [1.54, 1.807) is 34.1 Å². The van der Waals surface area contributed by atoms with Crippen LogP contribution in [-0.4, -0.2) is 66.7 Å². The molecule has 2 aliphatic heterocycles. The number of hydrogen-bond acceptors (Lipinski definition) is 6. The molecule has 2 fully saturated rings. The second kappa shape index (κ2) is 15.1. The number of piperidine rings is 2. The molecule has 9 heteroatoms. The van der Waals surface area contributed by atoms with Crippen molar-refractivity contribution >= 4 is 18.1 Å². The highest BCUT2D eigenvalue weighted by atomic mass is 16.6. The number of nitrogens with zero attached hydrogens (tertiary/aromatic N) is 2. The van der Waals surface area contributed by atoms with Crippen molar-refractivity contribution in [2.75, 3.05) is 32.7 Å². The molecule has 0 saturated carbocycles. The van der Waals surface area contributed by atoms with Crippen molar-refractivity contribution in [3.05, 3.63) is 54.6 Å². The van der Waals surface area contributed by atoms with Crippen molar-refractivity contribution in [2.45, 2.75) is 64.4 Å². The van der Waals surface area contributed by atoms with Gasteiger partial charge >= 0.3 is 12.2 Å². The molecule has 2 heterocycles. The van der Waals surface area contributed by atoms with Crippen molar-refractivity contribution in [1.82, 2.24) is 15.1 Å². The summed E-state index contributed by atoms with van der Waals surface area (Å²) in [6.45, 7) is 4.84. The van der Waals surface area contributed by atoms with Crippen LogP contribution in [0.3, 0.4) is 0 Å². The van der Waals surface area contributed by atoms with Gasteiger partial charge in [0.05, 0.1) is 0 Å². The summed E-state index contributed by atoms with van der Waals surface area (Å²) >= 11 is 0. The van der Waals surface area contributed by atoms with Crippen LogP contribution in [0.5, 0.6) is 17.2 Å². The summed E-state index contributed by atoms with van der Waals surface area (Å²) in [7, 11) is 0. The van der Waals surface area contributed by atoms with Crippen LogP contribution in [0, 0.1) is 5.92 Å². The number of hydrogen-bond donors (Lipinski definition) is 1. The molecule has 0 bridgehead atoms. The highest BCUT2D eigenvalue weighted by molar-refractivity contribution is 5.79. The van der Waals surface area contributed by atoms with Crippen molar-refractivity contribution < 1.29 is 28.6 Å². The largest absolute Gasteiger partial charge is 0.457 e. The summed E-state index contributed by atoms with van der Waals surface area (Å²) in [4.78, 5) is 41.1. The van der Waals surface area contributed by atoms with Gasteiger partial charge in [0, 0.05) is 51.5 Å². The number of likely N-dealkylation sites (tertiary alicyclic amines) is 2. The SMILES string of the molecule is CCCCCCNC(=O)C1CCN(C(=O)OC2CCN(C(=O)Oc3ccc(Oc4ccccc4)cc3)CC2)CC1. The zero-order chi connectivity index (χ0) is 28.2. The highest BCUT2D eigenvalue weighted by Crippen LogP contribution is 2.25. The van der Waals surface area contributed by atoms with Crippen LogP contribution >= 0.6 is 0 Å². The molecule has 40 heavy (non-hydrogen) atoms. The summed E-state index contributed by atoms with van der Waals surface area (Å²) in [6.07, 6.45) is 5.94. The number of ether oxygens (including phenoxy) is 3. The third-order valence-electron chi connectivity index (χ3n) is 7.43. The Morgan fingerprint density at radius 3 is 2.02 bits per heavy atom. The maximum absolute atomic E-state index is 12.7. The smallest absolute Gasteiger partial charge is 0.415 e. The molecule has 3 amide bonds. The fourth-order valence-corrected chi connectivity index (χ4v) is 4.97. The first kappa shape index (κ1) is 29.2. The van der Waals surface area contributed by atoms with Crippen LogP contribution in [-0.2, 0) is 9.53 Å². The molecule has 0 atom stereocenters. The molecule has 2 aliphatic rings. The Hall–Kier alpha value is -3.75. The molecule has 0 unspecified atom stereocenters. The molecule has 4 rings (SSSR count). The Balaban J connectivity index is 1.12. The highest BCUT2D eigenvalue weighted by Gasteiger charge is 2.31. The quantitative estimate of drug-likeness (QED) is 0.365. The molecule has 2 saturated heterocycles. The third-order valence-corrected chi connectivity index (χ3v) is 7.43. The minimum atomic E-state index is -0.424.